The van der Waals surface area contributed by atoms with Crippen molar-refractivity contribution in [1.82, 2.24) is 10.2 Å². The van der Waals surface area contributed by atoms with Crippen LogP contribution in [-0.2, 0) is 9.59 Å². The standard InChI is InChI=1S/C25H27N5O3S/c1-4-5-21(31)26-19-8-6-17(7-9-19)23(33)27-25-29-28-24(34-25)18-13-22(32)30(14-18)20-11-15(2)10-16(3)12-20/h6-12,18H,4-5,13-14H2,1-3H3,(H,26,31)(H,27,29,33)/t18-/m1/s1. The fraction of sp³-hybridized carbons (Fsp3) is 0.320. The zero-order chi connectivity index (χ0) is 24.2. The Hall–Kier alpha value is -3.59. The average molecular weight is 478 g/mol. The van der Waals surface area contributed by atoms with E-state index in [0.29, 0.717) is 35.8 Å². The first-order chi connectivity index (χ1) is 16.3. The van der Waals surface area contributed by atoms with Gasteiger partial charge >= 0.3 is 0 Å². The Bertz CT molecular complexity index is 1200. The van der Waals surface area contributed by atoms with Gasteiger partial charge in [0.15, 0.2) is 0 Å². The van der Waals surface area contributed by atoms with Gasteiger partial charge in [0, 0.05) is 42.2 Å². The SMILES string of the molecule is CCCC(=O)Nc1ccc(C(=O)Nc2nnc([C@@H]3CC(=O)N(c4cc(C)cc(C)c4)C3)s2)cc1. The van der Waals surface area contributed by atoms with Gasteiger partial charge in [0.1, 0.15) is 5.01 Å². The van der Waals surface area contributed by atoms with Crippen LogP contribution in [0.25, 0.3) is 0 Å². The number of benzene rings is 2. The van der Waals surface area contributed by atoms with Crippen LogP contribution in [0, 0.1) is 13.8 Å². The Morgan fingerprint density at radius 3 is 2.44 bits per heavy atom. The van der Waals surface area contributed by atoms with Gasteiger partial charge < -0.3 is 10.2 Å². The van der Waals surface area contributed by atoms with Gasteiger partial charge in [-0.3, -0.25) is 19.7 Å². The third kappa shape index (κ3) is 5.48. The minimum atomic E-state index is -0.312. The number of carbonyl (C=O) groups excluding carboxylic acids is 3. The Morgan fingerprint density at radius 2 is 1.76 bits per heavy atom. The number of hydrogen-bond acceptors (Lipinski definition) is 6. The molecule has 0 radical (unpaired) electrons. The fourth-order valence-corrected chi connectivity index (χ4v) is 4.83. The minimum Gasteiger partial charge on any atom is -0.326 e. The van der Waals surface area contributed by atoms with E-state index in [1.54, 1.807) is 29.2 Å². The van der Waals surface area contributed by atoms with Crippen molar-refractivity contribution in [3.05, 3.63) is 64.2 Å². The number of rotatable bonds is 7. The monoisotopic (exact) mass is 477 g/mol. The maximum atomic E-state index is 12.7. The number of hydrogen-bond donors (Lipinski definition) is 2. The molecule has 1 saturated heterocycles. The topological polar surface area (TPSA) is 104 Å². The number of nitrogens with one attached hydrogen (secondary N) is 2. The second-order valence-electron chi connectivity index (χ2n) is 8.53. The summed E-state index contributed by atoms with van der Waals surface area (Å²) in [4.78, 5) is 38.8. The molecule has 8 nitrogen and oxygen atoms in total. The molecule has 0 spiro atoms. The van der Waals surface area contributed by atoms with Crippen LogP contribution in [0.5, 0.6) is 0 Å². The first kappa shape index (κ1) is 23.6. The molecule has 0 bridgehead atoms. The number of aryl methyl sites for hydroxylation is 2. The van der Waals surface area contributed by atoms with Crippen LogP contribution < -0.4 is 15.5 Å². The van der Waals surface area contributed by atoms with Crippen LogP contribution in [0.3, 0.4) is 0 Å². The molecule has 2 N–H and O–H groups in total. The second-order valence-corrected chi connectivity index (χ2v) is 9.54. The highest BCUT2D eigenvalue weighted by Gasteiger charge is 2.34. The fourth-order valence-electron chi connectivity index (χ4n) is 4.00. The molecule has 176 valence electrons. The van der Waals surface area contributed by atoms with Gasteiger partial charge in [-0.25, -0.2) is 0 Å². The van der Waals surface area contributed by atoms with Crippen LogP contribution in [0.15, 0.2) is 42.5 Å². The quantitative estimate of drug-likeness (QED) is 0.515. The van der Waals surface area contributed by atoms with Crippen molar-refractivity contribution in [2.24, 2.45) is 0 Å². The Labute approximate surface area is 202 Å². The minimum absolute atomic E-state index is 0.0532. The summed E-state index contributed by atoms with van der Waals surface area (Å²) >= 11 is 1.29. The molecule has 2 heterocycles. The molecule has 1 aliphatic rings. The zero-order valence-corrected chi connectivity index (χ0v) is 20.2. The lowest BCUT2D eigenvalue weighted by Crippen LogP contribution is -2.24. The average Bonchev–Trinajstić information content (AvgIpc) is 3.40. The highest BCUT2D eigenvalue weighted by Crippen LogP contribution is 2.35. The number of carbonyl (C=O) groups is 3. The number of nitrogens with zero attached hydrogens (tertiary/aromatic N) is 3. The number of anilines is 3. The van der Waals surface area contributed by atoms with E-state index in [2.05, 4.69) is 26.9 Å². The van der Waals surface area contributed by atoms with Crippen LogP contribution in [0.2, 0.25) is 0 Å². The van der Waals surface area contributed by atoms with Crippen molar-refractivity contribution in [2.75, 3.05) is 22.1 Å². The van der Waals surface area contributed by atoms with Gasteiger partial charge in [-0.15, -0.1) is 10.2 Å². The van der Waals surface area contributed by atoms with Gasteiger partial charge in [-0.2, -0.15) is 0 Å². The van der Waals surface area contributed by atoms with E-state index in [0.717, 1.165) is 28.2 Å². The summed E-state index contributed by atoms with van der Waals surface area (Å²) in [7, 11) is 0. The van der Waals surface area contributed by atoms with Crippen molar-refractivity contribution >= 4 is 45.6 Å². The molecule has 34 heavy (non-hydrogen) atoms. The molecule has 0 saturated carbocycles. The van der Waals surface area contributed by atoms with E-state index >= 15 is 0 Å². The molecule has 3 amide bonds. The van der Waals surface area contributed by atoms with Gasteiger partial charge in [0.05, 0.1) is 0 Å². The van der Waals surface area contributed by atoms with Gasteiger partial charge in [0.25, 0.3) is 5.91 Å². The highest BCUT2D eigenvalue weighted by molar-refractivity contribution is 7.15. The summed E-state index contributed by atoms with van der Waals surface area (Å²) in [6.07, 6.45) is 1.59. The lowest BCUT2D eigenvalue weighted by Gasteiger charge is -2.17. The first-order valence-electron chi connectivity index (χ1n) is 11.3. The van der Waals surface area contributed by atoms with Gasteiger partial charge in [-0.05, 0) is 67.8 Å². The van der Waals surface area contributed by atoms with Crippen LogP contribution in [0.4, 0.5) is 16.5 Å². The third-order valence-corrected chi connectivity index (χ3v) is 6.56. The summed E-state index contributed by atoms with van der Waals surface area (Å²) in [5, 5.41) is 15.0. The highest BCUT2D eigenvalue weighted by atomic mass is 32.1. The second kappa shape index (κ2) is 10.1. The molecule has 0 unspecified atom stereocenters. The predicted octanol–water partition coefficient (Wildman–Crippen LogP) is 4.67. The van der Waals surface area contributed by atoms with Gasteiger partial charge in [-0.1, -0.05) is 24.3 Å². The van der Waals surface area contributed by atoms with Crippen LogP contribution in [0.1, 0.15) is 58.6 Å². The molecule has 1 atom stereocenters. The molecular formula is C25H27N5O3S. The summed E-state index contributed by atoms with van der Waals surface area (Å²) in [5.74, 6) is -0.375. The van der Waals surface area contributed by atoms with Crippen LogP contribution in [-0.4, -0.2) is 34.5 Å². The van der Waals surface area contributed by atoms with Crippen molar-refractivity contribution < 1.29 is 14.4 Å². The molecule has 3 aromatic rings. The van der Waals surface area contributed by atoms with E-state index in [-0.39, 0.29) is 23.6 Å². The van der Waals surface area contributed by atoms with Crippen molar-refractivity contribution in [3.63, 3.8) is 0 Å². The third-order valence-electron chi connectivity index (χ3n) is 5.56. The van der Waals surface area contributed by atoms with E-state index in [1.807, 2.05) is 32.9 Å². The summed E-state index contributed by atoms with van der Waals surface area (Å²) in [5.41, 5.74) is 4.22. The molecule has 0 aliphatic carbocycles. The Morgan fingerprint density at radius 1 is 1.06 bits per heavy atom. The van der Waals surface area contributed by atoms with E-state index in [1.165, 1.54) is 11.3 Å². The smallest absolute Gasteiger partial charge is 0.257 e. The van der Waals surface area contributed by atoms with Gasteiger partial charge in [0.2, 0.25) is 16.9 Å². The number of amides is 3. The summed E-state index contributed by atoms with van der Waals surface area (Å²) < 4.78 is 0. The Kier molecular flexibility index (Phi) is 7.02. The lowest BCUT2D eigenvalue weighted by atomic mass is 10.1. The van der Waals surface area contributed by atoms with E-state index < -0.39 is 0 Å². The van der Waals surface area contributed by atoms with Crippen LogP contribution >= 0.6 is 11.3 Å². The van der Waals surface area contributed by atoms with E-state index in [9.17, 15) is 14.4 Å². The van der Waals surface area contributed by atoms with Crippen molar-refractivity contribution in [1.29, 1.82) is 0 Å². The molecule has 9 heteroatoms. The summed E-state index contributed by atoms with van der Waals surface area (Å²) in [6, 6.07) is 12.8. The maximum Gasteiger partial charge on any atom is 0.257 e. The maximum absolute atomic E-state index is 12.7. The molecule has 1 fully saturated rings. The van der Waals surface area contributed by atoms with Crippen molar-refractivity contribution in [3.8, 4) is 0 Å². The molecule has 1 aromatic heterocycles. The molecule has 4 rings (SSSR count). The largest absolute Gasteiger partial charge is 0.326 e. The number of aromatic nitrogens is 2. The zero-order valence-electron chi connectivity index (χ0n) is 19.4. The Balaban J connectivity index is 1.38. The lowest BCUT2D eigenvalue weighted by molar-refractivity contribution is -0.117. The first-order valence-corrected chi connectivity index (χ1v) is 12.1. The molecule has 2 aromatic carbocycles. The predicted molar refractivity (Wildman–Crippen MR) is 133 cm³/mol. The molecule has 1 aliphatic heterocycles. The molecular weight excluding hydrogens is 450 g/mol. The normalized spacial score (nSPS) is 15.4. The summed E-state index contributed by atoms with van der Waals surface area (Å²) in [6.45, 7) is 6.52. The van der Waals surface area contributed by atoms with E-state index in [4.69, 9.17) is 0 Å². The van der Waals surface area contributed by atoms with Crippen molar-refractivity contribution in [2.45, 2.75) is 46.0 Å².